The summed E-state index contributed by atoms with van der Waals surface area (Å²) in [7, 11) is 0. The van der Waals surface area contributed by atoms with E-state index in [9.17, 15) is 9.59 Å². The summed E-state index contributed by atoms with van der Waals surface area (Å²) in [5.74, 6) is 0.648. The number of thioether (sulfide) groups is 1. The number of carbonyl (C=O) groups is 2. The summed E-state index contributed by atoms with van der Waals surface area (Å²) in [5, 5.41) is 8.34. The highest BCUT2D eigenvalue weighted by molar-refractivity contribution is 7.99. The second-order valence-electron chi connectivity index (χ2n) is 5.25. The molecule has 5 nitrogen and oxygen atoms in total. The second kappa shape index (κ2) is 8.98. The molecule has 0 aliphatic rings. The Bertz CT molecular complexity index is 705. The highest BCUT2D eigenvalue weighted by Gasteiger charge is 2.06. The molecule has 0 saturated carbocycles. The zero-order valence-electron chi connectivity index (χ0n) is 13.8. The van der Waals surface area contributed by atoms with Gasteiger partial charge in [-0.1, -0.05) is 24.3 Å². The molecule has 2 aromatic rings. The van der Waals surface area contributed by atoms with Gasteiger partial charge in [-0.15, -0.1) is 11.8 Å². The number of aryl methyl sites for hydroxylation is 1. The van der Waals surface area contributed by atoms with Crippen LogP contribution in [0.25, 0.3) is 0 Å². The van der Waals surface area contributed by atoms with Crippen LogP contribution in [0.5, 0.6) is 0 Å². The summed E-state index contributed by atoms with van der Waals surface area (Å²) in [6.07, 6.45) is 0. The average molecular weight is 343 g/mol. The lowest BCUT2D eigenvalue weighted by Gasteiger charge is -2.12. The van der Waals surface area contributed by atoms with Gasteiger partial charge in [0.2, 0.25) is 5.91 Å². The van der Waals surface area contributed by atoms with Crippen molar-refractivity contribution in [1.82, 2.24) is 5.32 Å². The van der Waals surface area contributed by atoms with Gasteiger partial charge in [-0.3, -0.25) is 4.79 Å². The third-order valence-corrected chi connectivity index (χ3v) is 4.22. The third kappa shape index (κ3) is 5.96. The van der Waals surface area contributed by atoms with Crippen LogP contribution in [-0.4, -0.2) is 24.2 Å². The summed E-state index contributed by atoms with van der Waals surface area (Å²) < 4.78 is 0. The summed E-state index contributed by atoms with van der Waals surface area (Å²) in [6, 6.07) is 15.2. The smallest absolute Gasteiger partial charge is 0.319 e. The predicted molar refractivity (Wildman–Crippen MR) is 99.7 cm³/mol. The lowest BCUT2D eigenvalue weighted by molar-refractivity contribution is -0.114. The zero-order valence-corrected chi connectivity index (χ0v) is 14.6. The van der Waals surface area contributed by atoms with Gasteiger partial charge in [-0.05, 0) is 36.8 Å². The predicted octanol–water partition coefficient (Wildman–Crippen LogP) is 3.87. The summed E-state index contributed by atoms with van der Waals surface area (Å²) in [6.45, 7) is 3.91. The fraction of sp³-hybridized carbons (Fsp3) is 0.222. The van der Waals surface area contributed by atoms with E-state index < -0.39 is 0 Å². The van der Waals surface area contributed by atoms with E-state index in [2.05, 4.69) is 16.0 Å². The number of hydrogen-bond acceptors (Lipinski definition) is 3. The van der Waals surface area contributed by atoms with Crippen LogP contribution < -0.4 is 16.0 Å². The number of amides is 3. The Morgan fingerprint density at radius 1 is 1.04 bits per heavy atom. The van der Waals surface area contributed by atoms with Gasteiger partial charge in [-0.2, -0.15) is 0 Å². The molecule has 0 saturated heterocycles. The fourth-order valence-corrected chi connectivity index (χ4v) is 2.84. The van der Waals surface area contributed by atoms with Crippen LogP contribution in [0.3, 0.4) is 0 Å². The molecular weight excluding hydrogens is 322 g/mol. The molecule has 3 amide bonds. The van der Waals surface area contributed by atoms with Gasteiger partial charge in [-0.25, -0.2) is 4.79 Å². The first-order valence-corrected chi connectivity index (χ1v) is 8.64. The topological polar surface area (TPSA) is 70.2 Å². The van der Waals surface area contributed by atoms with Crippen molar-refractivity contribution in [3.05, 3.63) is 54.1 Å². The van der Waals surface area contributed by atoms with Crippen molar-refractivity contribution in [2.75, 3.05) is 22.9 Å². The Hall–Kier alpha value is -2.47. The molecule has 0 aromatic heterocycles. The summed E-state index contributed by atoms with van der Waals surface area (Å²) in [4.78, 5) is 24.3. The number of nitrogens with one attached hydrogen (secondary N) is 3. The Kier molecular flexibility index (Phi) is 6.69. The number of benzene rings is 2. The van der Waals surface area contributed by atoms with Gasteiger partial charge in [0.1, 0.15) is 0 Å². The Morgan fingerprint density at radius 2 is 1.79 bits per heavy atom. The number of urea groups is 1. The highest BCUT2D eigenvalue weighted by Crippen LogP contribution is 2.20. The minimum Gasteiger partial charge on any atom is -0.337 e. The van der Waals surface area contributed by atoms with Crippen molar-refractivity contribution in [2.24, 2.45) is 0 Å². The second-order valence-corrected chi connectivity index (χ2v) is 6.42. The molecule has 0 spiro atoms. The molecule has 0 bridgehead atoms. The van der Waals surface area contributed by atoms with Crippen LogP contribution in [0.15, 0.2) is 53.4 Å². The van der Waals surface area contributed by atoms with Gasteiger partial charge < -0.3 is 16.0 Å². The van der Waals surface area contributed by atoms with Gasteiger partial charge in [0, 0.05) is 35.5 Å². The molecule has 0 heterocycles. The van der Waals surface area contributed by atoms with E-state index >= 15 is 0 Å². The van der Waals surface area contributed by atoms with Crippen LogP contribution in [0, 0.1) is 6.92 Å². The largest absolute Gasteiger partial charge is 0.337 e. The normalized spacial score (nSPS) is 10.1. The Balaban J connectivity index is 1.80. The number of carbonyl (C=O) groups excluding carboxylic acids is 2. The standard InChI is InChI=1S/C18H21N3O2S/c1-13-8-9-15(20-14(2)22)12-17(13)21-18(23)19-10-11-24-16-6-4-3-5-7-16/h3-9,12H,10-11H2,1-2H3,(H,20,22)(H2,19,21,23). The van der Waals surface area contributed by atoms with Crippen molar-refractivity contribution in [3.8, 4) is 0 Å². The minimum absolute atomic E-state index is 0.146. The van der Waals surface area contributed by atoms with Gasteiger partial charge in [0.25, 0.3) is 0 Å². The third-order valence-electron chi connectivity index (χ3n) is 3.21. The van der Waals surface area contributed by atoms with E-state index in [1.807, 2.05) is 43.3 Å². The van der Waals surface area contributed by atoms with Crippen molar-refractivity contribution < 1.29 is 9.59 Å². The van der Waals surface area contributed by atoms with Crippen LogP contribution in [0.1, 0.15) is 12.5 Å². The van der Waals surface area contributed by atoms with Crippen LogP contribution in [0.4, 0.5) is 16.2 Å². The van der Waals surface area contributed by atoms with E-state index in [1.54, 1.807) is 23.9 Å². The molecule has 0 atom stereocenters. The molecule has 126 valence electrons. The average Bonchev–Trinajstić information content (AvgIpc) is 2.55. The fourth-order valence-electron chi connectivity index (χ4n) is 2.05. The van der Waals surface area contributed by atoms with E-state index in [-0.39, 0.29) is 11.9 Å². The van der Waals surface area contributed by atoms with Crippen molar-refractivity contribution >= 4 is 35.1 Å². The SMILES string of the molecule is CC(=O)Nc1ccc(C)c(NC(=O)NCCSc2ccccc2)c1. The number of rotatable bonds is 6. The Morgan fingerprint density at radius 3 is 2.50 bits per heavy atom. The number of hydrogen-bond donors (Lipinski definition) is 3. The lowest BCUT2D eigenvalue weighted by Crippen LogP contribution is -2.30. The van der Waals surface area contributed by atoms with E-state index in [1.165, 1.54) is 11.8 Å². The maximum Gasteiger partial charge on any atom is 0.319 e. The Labute approximate surface area is 146 Å². The molecule has 6 heteroatoms. The molecular formula is C18H21N3O2S. The van der Waals surface area contributed by atoms with Gasteiger partial charge >= 0.3 is 6.03 Å². The highest BCUT2D eigenvalue weighted by atomic mass is 32.2. The lowest BCUT2D eigenvalue weighted by atomic mass is 10.2. The molecule has 0 aliphatic heterocycles. The van der Waals surface area contributed by atoms with Crippen LogP contribution in [-0.2, 0) is 4.79 Å². The molecule has 2 rings (SSSR count). The van der Waals surface area contributed by atoms with Crippen LogP contribution >= 0.6 is 11.8 Å². The van der Waals surface area contributed by atoms with Gasteiger partial charge in [0.15, 0.2) is 0 Å². The molecule has 3 N–H and O–H groups in total. The molecule has 0 fully saturated rings. The summed E-state index contributed by atoms with van der Waals surface area (Å²) in [5.41, 5.74) is 2.26. The van der Waals surface area contributed by atoms with Gasteiger partial charge in [0.05, 0.1) is 0 Å². The van der Waals surface area contributed by atoms with Crippen molar-refractivity contribution in [3.63, 3.8) is 0 Å². The molecule has 2 aromatic carbocycles. The molecule has 24 heavy (non-hydrogen) atoms. The molecule has 0 aliphatic carbocycles. The quantitative estimate of drug-likeness (QED) is 0.551. The number of anilines is 2. The van der Waals surface area contributed by atoms with E-state index in [0.29, 0.717) is 17.9 Å². The monoisotopic (exact) mass is 343 g/mol. The van der Waals surface area contributed by atoms with E-state index in [4.69, 9.17) is 0 Å². The first-order chi connectivity index (χ1) is 11.5. The van der Waals surface area contributed by atoms with Crippen LogP contribution in [0.2, 0.25) is 0 Å². The van der Waals surface area contributed by atoms with E-state index in [0.717, 1.165) is 11.3 Å². The van der Waals surface area contributed by atoms with Crippen molar-refractivity contribution in [2.45, 2.75) is 18.7 Å². The van der Waals surface area contributed by atoms with Crippen molar-refractivity contribution in [1.29, 1.82) is 0 Å². The molecule has 0 unspecified atom stereocenters. The maximum absolute atomic E-state index is 12.0. The summed E-state index contributed by atoms with van der Waals surface area (Å²) >= 11 is 1.69. The first-order valence-electron chi connectivity index (χ1n) is 7.65. The molecule has 0 radical (unpaired) electrons. The zero-order chi connectivity index (χ0) is 17.4. The first kappa shape index (κ1) is 17.9. The maximum atomic E-state index is 12.0. The minimum atomic E-state index is -0.258.